The predicted molar refractivity (Wildman–Crippen MR) is 73.7 cm³/mol. The van der Waals surface area contributed by atoms with Gasteiger partial charge in [0.25, 0.3) is 5.91 Å². The quantitative estimate of drug-likeness (QED) is 0.860. The average molecular weight is 267 g/mol. The molecule has 0 aliphatic rings. The van der Waals surface area contributed by atoms with E-state index < -0.39 is 6.10 Å². The zero-order valence-corrected chi connectivity index (χ0v) is 12.0. The molecule has 0 saturated carbocycles. The largest absolute Gasteiger partial charge is 0.481 e. The monoisotopic (exact) mass is 267 g/mol. The van der Waals surface area contributed by atoms with Crippen molar-refractivity contribution >= 4 is 5.91 Å². The van der Waals surface area contributed by atoms with E-state index in [1.165, 1.54) is 12.1 Å². The summed E-state index contributed by atoms with van der Waals surface area (Å²) in [5, 5.41) is 2.82. The standard InChI is InChI=1S/C15H22FNO2/c1-10(2)7-8-17-15(18)12(4)19-13-5-6-14(16)11(3)9-13/h5-6,9-10,12H,7-8H2,1-4H3,(H,17,18). The number of rotatable bonds is 6. The summed E-state index contributed by atoms with van der Waals surface area (Å²) in [5.74, 6) is 0.630. The summed E-state index contributed by atoms with van der Waals surface area (Å²) in [6.07, 6.45) is 0.353. The molecule has 1 rings (SSSR count). The summed E-state index contributed by atoms with van der Waals surface area (Å²) < 4.78 is 18.6. The maximum Gasteiger partial charge on any atom is 0.260 e. The lowest BCUT2D eigenvalue weighted by atomic mass is 10.1. The molecule has 0 spiro atoms. The van der Waals surface area contributed by atoms with E-state index >= 15 is 0 Å². The Kier molecular flexibility index (Phi) is 5.80. The minimum atomic E-state index is -0.586. The lowest BCUT2D eigenvalue weighted by Crippen LogP contribution is -2.37. The fraction of sp³-hybridized carbons (Fsp3) is 0.533. The van der Waals surface area contributed by atoms with Crippen LogP contribution in [0.15, 0.2) is 18.2 Å². The molecule has 0 saturated heterocycles. The number of hydrogen-bond donors (Lipinski definition) is 1. The molecule has 0 aliphatic carbocycles. The predicted octanol–water partition coefficient (Wildman–Crippen LogP) is 3.06. The number of carbonyl (C=O) groups is 1. The van der Waals surface area contributed by atoms with E-state index in [0.717, 1.165) is 6.42 Å². The molecule has 3 nitrogen and oxygen atoms in total. The van der Waals surface area contributed by atoms with Gasteiger partial charge in [0.1, 0.15) is 11.6 Å². The van der Waals surface area contributed by atoms with Gasteiger partial charge in [-0.05, 0) is 49.9 Å². The van der Waals surface area contributed by atoms with E-state index in [-0.39, 0.29) is 11.7 Å². The van der Waals surface area contributed by atoms with Crippen molar-refractivity contribution < 1.29 is 13.9 Å². The Hall–Kier alpha value is -1.58. The molecule has 1 N–H and O–H groups in total. The Labute approximate surface area is 114 Å². The van der Waals surface area contributed by atoms with E-state index in [1.807, 2.05) is 0 Å². The van der Waals surface area contributed by atoms with Crippen LogP contribution in [0.3, 0.4) is 0 Å². The first-order valence-corrected chi connectivity index (χ1v) is 6.60. The molecular formula is C15H22FNO2. The number of amides is 1. The van der Waals surface area contributed by atoms with E-state index in [1.54, 1.807) is 19.9 Å². The fourth-order valence-corrected chi connectivity index (χ4v) is 1.58. The lowest BCUT2D eigenvalue weighted by molar-refractivity contribution is -0.127. The molecule has 0 radical (unpaired) electrons. The molecule has 0 heterocycles. The van der Waals surface area contributed by atoms with E-state index in [0.29, 0.717) is 23.8 Å². The van der Waals surface area contributed by atoms with Crippen LogP contribution in [0, 0.1) is 18.7 Å². The van der Waals surface area contributed by atoms with Crippen LogP contribution in [0.2, 0.25) is 0 Å². The third-order valence-corrected chi connectivity index (χ3v) is 2.83. The van der Waals surface area contributed by atoms with E-state index in [2.05, 4.69) is 19.2 Å². The molecule has 0 aliphatic heterocycles. The third kappa shape index (κ3) is 5.28. The van der Waals surface area contributed by atoms with Crippen molar-refractivity contribution in [3.63, 3.8) is 0 Å². The molecule has 1 amide bonds. The van der Waals surface area contributed by atoms with Crippen LogP contribution in [-0.2, 0) is 4.79 Å². The lowest BCUT2D eigenvalue weighted by Gasteiger charge is -2.15. The molecular weight excluding hydrogens is 245 g/mol. The minimum absolute atomic E-state index is 0.150. The van der Waals surface area contributed by atoms with Gasteiger partial charge >= 0.3 is 0 Å². The van der Waals surface area contributed by atoms with Crippen LogP contribution in [-0.4, -0.2) is 18.6 Å². The Morgan fingerprint density at radius 2 is 2.05 bits per heavy atom. The highest BCUT2D eigenvalue weighted by molar-refractivity contribution is 5.80. The molecule has 4 heteroatoms. The first kappa shape index (κ1) is 15.5. The van der Waals surface area contributed by atoms with Gasteiger partial charge in [0.05, 0.1) is 0 Å². The average Bonchev–Trinajstić information content (AvgIpc) is 2.33. The maximum atomic E-state index is 13.1. The Morgan fingerprint density at radius 3 is 2.63 bits per heavy atom. The molecule has 1 unspecified atom stereocenters. The second-order valence-corrected chi connectivity index (χ2v) is 5.14. The van der Waals surface area contributed by atoms with Crippen molar-refractivity contribution in [1.29, 1.82) is 0 Å². The van der Waals surface area contributed by atoms with Crippen LogP contribution in [0.4, 0.5) is 4.39 Å². The number of halogens is 1. The zero-order valence-electron chi connectivity index (χ0n) is 12.0. The number of aryl methyl sites for hydroxylation is 1. The highest BCUT2D eigenvalue weighted by Crippen LogP contribution is 2.17. The van der Waals surface area contributed by atoms with Gasteiger partial charge < -0.3 is 10.1 Å². The maximum absolute atomic E-state index is 13.1. The molecule has 19 heavy (non-hydrogen) atoms. The molecule has 0 aromatic heterocycles. The highest BCUT2D eigenvalue weighted by Gasteiger charge is 2.14. The molecule has 1 aromatic rings. The van der Waals surface area contributed by atoms with Crippen molar-refractivity contribution in [2.75, 3.05) is 6.54 Å². The number of ether oxygens (including phenoxy) is 1. The van der Waals surface area contributed by atoms with Gasteiger partial charge in [-0.15, -0.1) is 0 Å². The number of carbonyl (C=O) groups excluding carboxylic acids is 1. The summed E-state index contributed by atoms with van der Waals surface area (Å²) in [5.41, 5.74) is 0.505. The zero-order chi connectivity index (χ0) is 14.4. The van der Waals surface area contributed by atoms with Gasteiger partial charge in [0, 0.05) is 6.54 Å². The van der Waals surface area contributed by atoms with Gasteiger partial charge in [0.2, 0.25) is 0 Å². The van der Waals surface area contributed by atoms with E-state index in [9.17, 15) is 9.18 Å². The number of hydrogen-bond acceptors (Lipinski definition) is 2. The number of nitrogens with one attached hydrogen (secondary N) is 1. The molecule has 0 fully saturated rings. The summed E-state index contributed by atoms with van der Waals surface area (Å²) >= 11 is 0. The molecule has 106 valence electrons. The summed E-state index contributed by atoms with van der Waals surface area (Å²) in [6.45, 7) is 8.20. The van der Waals surface area contributed by atoms with Crippen LogP contribution in [0.1, 0.15) is 32.8 Å². The Bertz CT molecular complexity index is 432. The van der Waals surface area contributed by atoms with Crippen LogP contribution >= 0.6 is 0 Å². The van der Waals surface area contributed by atoms with Crippen molar-refractivity contribution in [2.45, 2.75) is 40.2 Å². The van der Waals surface area contributed by atoms with Gasteiger partial charge in [-0.25, -0.2) is 4.39 Å². The first-order valence-electron chi connectivity index (χ1n) is 6.60. The van der Waals surface area contributed by atoms with Crippen molar-refractivity contribution in [1.82, 2.24) is 5.32 Å². The van der Waals surface area contributed by atoms with Crippen molar-refractivity contribution in [3.05, 3.63) is 29.6 Å². The highest BCUT2D eigenvalue weighted by atomic mass is 19.1. The summed E-state index contributed by atoms with van der Waals surface area (Å²) in [6, 6.07) is 4.46. The van der Waals surface area contributed by atoms with E-state index in [4.69, 9.17) is 4.74 Å². The van der Waals surface area contributed by atoms with Crippen LogP contribution < -0.4 is 10.1 Å². The van der Waals surface area contributed by atoms with Gasteiger partial charge in [-0.1, -0.05) is 13.8 Å². The normalized spacial score (nSPS) is 12.3. The number of benzene rings is 1. The second-order valence-electron chi connectivity index (χ2n) is 5.14. The molecule has 1 atom stereocenters. The Balaban J connectivity index is 2.47. The second kappa shape index (κ2) is 7.12. The summed E-state index contributed by atoms with van der Waals surface area (Å²) in [7, 11) is 0. The topological polar surface area (TPSA) is 38.3 Å². The summed E-state index contributed by atoms with van der Waals surface area (Å²) in [4.78, 5) is 11.8. The minimum Gasteiger partial charge on any atom is -0.481 e. The molecule has 1 aromatic carbocycles. The molecule has 0 bridgehead atoms. The van der Waals surface area contributed by atoms with Gasteiger partial charge in [-0.3, -0.25) is 4.79 Å². The van der Waals surface area contributed by atoms with Crippen LogP contribution in [0.25, 0.3) is 0 Å². The first-order chi connectivity index (χ1) is 8.90. The SMILES string of the molecule is Cc1cc(OC(C)C(=O)NCCC(C)C)ccc1F. The van der Waals surface area contributed by atoms with Crippen LogP contribution in [0.5, 0.6) is 5.75 Å². The van der Waals surface area contributed by atoms with Gasteiger partial charge in [-0.2, -0.15) is 0 Å². The van der Waals surface area contributed by atoms with Gasteiger partial charge in [0.15, 0.2) is 6.10 Å². The third-order valence-electron chi connectivity index (χ3n) is 2.83. The fourth-order valence-electron chi connectivity index (χ4n) is 1.58. The Morgan fingerprint density at radius 1 is 1.37 bits per heavy atom. The van der Waals surface area contributed by atoms with Crippen molar-refractivity contribution in [2.24, 2.45) is 5.92 Å². The van der Waals surface area contributed by atoms with Crippen molar-refractivity contribution in [3.8, 4) is 5.75 Å². The smallest absolute Gasteiger partial charge is 0.260 e.